The lowest BCUT2D eigenvalue weighted by Gasteiger charge is -2.17. The zero-order valence-electron chi connectivity index (χ0n) is 22.4. The largest absolute Gasteiger partial charge is 0.445 e. The van der Waals surface area contributed by atoms with E-state index in [2.05, 4.69) is 27.2 Å². The molecule has 1 unspecified atom stereocenters. The van der Waals surface area contributed by atoms with Crippen LogP contribution in [0, 0.1) is 0 Å². The van der Waals surface area contributed by atoms with E-state index >= 15 is 0 Å². The second-order valence-electron chi connectivity index (χ2n) is 11.0. The van der Waals surface area contributed by atoms with Gasteiger partial charge >= 0.3 is 6.09 Å². The molecule has 7 nitrogen and oxygen atoms in total. The van der Waals surface area contributed by atoms with Crippen molar-refractivity contribution >= 4 is 17.4 Å². The Bertz CT molecular complexity index is 1450. The van der Waals surface area contributed by atoms with E-state index in [0.717, 1.165) is 41.7 Å². The minimum absolute atomic E-state index is 0.179. The maximum atomic E-state index is 12.6. The highest BCUT2D eigenvalue weighted by Crippen LogP contribution is 2.38. The van der Waals surface area contributed by atoms with E-state index in [1.807, 2.05) is 36.5 Å². The Morgan fingerprint density at radius 2 is 1.82 bits per heavy atom. The molecule has 0 spiro atoms. The number of nitrogens with zero attached hydrogens (tertiary/aromatic N) is 3. The summed E-state index contributed by atoms with van der Waals surface area (Å²) in [5.41, 5.74) is 7.97. The SMILES string of the molecule is CC(C)(O)c1ncc(C(CNC(=O)OCc2ccccc2)c2cnn(-c3c4c(cc5c3CCC5)CCC4)c2)s1. The van der Waals surface area contributed by atoms with E-state index in [9.17, 15) is 9.90 Å². The Kier molecular flexibility index (Phi) is 6.99. The molecule has 39 heavy (non-hydrogen) atoms. The summed E-state index contributed by atoms with van der Waals surface area (Å²) in [6.45, 7) is 4.01. The second-order valence-corrected chi connectivity index (χ2v) is 12.1. The Balaban J connectivity index is 1.28. The van der Waals surface area contributed by atoms with Crippen molar-refractivity contribution < 1.29 is 14.6 Å². The molecule has 2 aliphatic carbocycles. The number of rotatable bonds is 8. The van der Waals surface area contributed by atoms with Crippen LogP contribution in [0.1, 0.15) is 75.9 Å². The monoisotopic (exact) mass is 542 g/mol. The molecule has 2 aliphatic rings. The van der Waals surface area contributed by atoms with Gasteiger partial charge in [-0.1, -0.05) is 36.4 Å². The lowest BCUT2D eigenvalue weighted by molar-refractivity contribution is 0.0783. The molecule has 2 N–H and O–H groups in total. The Morgan fingerprint density at radius 3 is 2.49 bits per heavy atom. The van der Waals surface area contributed by atoms with E-state index in [1.54, 1.807) is 20.0 Å². The van der Waals surface area contributed by atoms with Crippen LogP contribution in [0.25, 0.3) is 5.69 Å². The fourth-order valence-electron chi connectivity index (χ4n) is 5.77. The van der Waals surface area contributed by atoms with Gasteiger partial charge in [-0.15, -0.1) is 11.3 Å². The number of ether oxygens (including phenoxy) is 1. The Hall–Kier alpha value is -3.49. The first-order chi connectivity index (χ1) is 18.9. The summed E-state index contributed by atoms with van der Waals surface area (Å²) in [6, 6.07) is 12.1. The van der Waals surface area contributed by atoms with Gasteiger partial charge in [-0.2, -0.15) is 5.10 Å². The van der Waals surface area contributed by atoms with Gasteiger partial charge in [-0.05, 0) is 80.2 Å². The summed E-state index contributed by atoms with van der Waals surface area (Å²) >= 11 is 1.46. The molecule has 2 aromatic heterocycles. The van der Waals surface area contributed by atoms with Crippen LogP contribution >= 0.6 is 11.3 Å². The number of carbonyl (C=O) groups excluding carboxylic acids is 1. The number of nitrogens with one attached hydrogen (secondary N) is 1. The molecular weight excluding hydrogens is 508 g/mol. The van der Waals surface area contributed by atoms with Crippen LogP contribution in [-0.4, -0.2) is 32.5 Å². The Morgan fingerprint density at radius 1 is 1.10 bits per heavy atom. The number of amides is 1. The van der Waals surface area contributed by atoms with Crippen molar-refractivity contribution in [1.82, 2.24) is 20.1 Å². The molecule has 0 fully saturated rings. The average Bonchev–Trinajstić information content (AvgIpc) is 3.73. The van der Waals surface area contributed by atoms with E-state index in [-0.39, 0.29) is 12.5 Å². The quantitative estimate of drug-likeness (QED) is 0.303. The Labute approximate surface area is 232 Å². The van der Waals surface area contributed by atoms with Gasteiger partial charge < -0.3 is 15.2 Å². The maximum Gasteiger partial charge on any atom is 0.407 e. The standard InChI is InChI=1S/C31H34N4O3S/c1-31(2,37)29-32-17-27(39-29)26(16-33-30(36)38-19-20-8-4-3-5-9-20)23-15-34-35(18-23)28-24-12-6-10-21(24)14-22-11-7-13-25(22)28/h3-5,8-9,14-15,17-18,26,37H,6-7,10-13,16,19H2,1-2H3,(H,33,36). The molecule has 1 amide bonds. The number of carbonyl (C=O) groups is 1. The molecule has 1 atom stereocenters. The molecule has 0 saturated heterocycles. The number of aromatic nitrogens is 3. The van der Waals surface area contributed by atoms with E-state index < -0.39 is 11.7 Å². The van der Waals surface area contributed by atoms with Crippen molar-refractivity contribution in [2.75, 3.05) is 6.54 Å². The van der Waals surface area contributed by atoms with Crippen molar-refractivity contribution in [2.45, 2.75) is 70.5 Å². The third-order valence-electron chi connectivity index (χ3n) is 7.73. The minimum Gasteiger partial charge on any atom is -0.445 e. The number of hydrogen-bond donors (Lipinski definition) is 2. The topological polar surface area (TPSA) is 89.3 Å². The lowest BCUT2D eigenvalue weighted by atomic mass is 9.98. The molecule has 202 valence electrons. The maximum absolute atomic E-state index is 12.6. The first-order valence-corrected chi connectivity index (χ1v) is 14.5. The number of thiazole rings is 1. The van der Waals surface area contributed by atoms with Crippen LogP contribution in [0.5, 0.6) is 0 Å². The zero-order valence-corrected chi connectivity index (χ0v) is 23.3. The second kappa shape index (κ2) is 10.6. The number of benzene rings is 2. The highest BCUT2D eigenvalue weighted by molar-refractivity contribution is 7.11. The number of alkyl carbamates (subject to hydrolysis) is 1. The third kappa shape index (κ3) is 5.36. The van der Waals surface area contributed by atoms with Crippen molar-refractivity contribution in [3.05, 3.63) is 98.3 Å². The van der Waals surface area contributed by atoms with Gasteiger partial charge in [0.15, 0.2) is 0 Å². The van der Waals surface area contributed by atoms with E-state index in [0.29, 0.717) is 11.6 Å². The first kappa shape index (κ1) is 25.8. The molecule has 2 aromatic carbocycles. The molecule has 4 aromatic rings. The number of hydrogen-bond acceptors (Lipinski definition) is 6. The summed E-state index contributed by atoms with van der Waals surface area (Å²) in [6.07, 6.45) is 12.2. The molecule has 6 rings (SSSR count). The predicted molar refractivity (Wildman–Crippen MR) is 151 cm³/mol. The normalized spacial score (nSPS) is 15.2. The number of fused-ring (bicyclic) bond motifs is 2. The predicted octanol–water partition coefficient (Wildman–Crippen LogP) is 5.59. The van der Waals surface area contributed by atoms with Gasteiger partial charge in [0.1, 0.15) is 17.2 Å². The molecular formula is C31H34N4O3S. The fraction of sp³-hybridized carbons (Fsp3) is 0.387. The average molecular weight is 543 g/mol. The van der Waals surface area contributed by atoms with Crippen LogP contribution in [0.3, 0.4) is 0 Å². The summed E-state index contributed by atoms with van der Waals surface area (Å²) in [7, 11) is 0. The fourth-order valence-corrected chi connectivity index (χ4v) is 6.82. The van der Waals surface area contributed by atoms with Crippen molar-refractivity contribution in [2.24, 2.45) is 0 Å². The van der Waals surface area contributed by atoms with Crippen molar-refractivity contribution in [3.63, 3.8) is 0 Å². The van der Waals surface area contributed by atoms with Crippen LogP contribution < -0.4 is 5.32 Å². The van der Waals surface area contributed by atoms with Crippen LogP contribution in [0.4, 0.5) is 4.79 Å². The molecule has 0 aliphatic heterocycles. The highest BCUT2D eigenvalue weighted by atomic mass is 32.1. The lowest BCUT2D eigenvalue weighted by Crippen LogP contribution is -2.29. The van der Waals surface area contributed by atoms with Crippen LogP contribution in [-0.2, 0) is 42.6 Å². The molecule has 0 bridgehead atoms. The van der Waals surface area contributed by atoms with Gasteiger partial charge in [-0.25, -0.2) is 14.5 Å². The van der Waals surface area contributed by atoms with Crippen LogP contribution in [0.2, 0.25) is 0 Å². The first-order valence-electron chi connectivity index (χ1n) is 13.7. The van der Waals surface area contributed by atoms with E-state index in [4.69, 9.17) is 9.84 Å². The van der Waals surface area contributed by atoms with Gasteiger partial charge in [0.25, 0.3) is 0 Å². The smallest absolute Gasteiger partial charge is 0.407 e. The minimum atomic E-state index is -1.04. The molecule has 0 saturated carbocycles. The van der Waals surface area contributed by atoms with Gasteiger partial charge in [0.05, 0.1) is 11.9 Å². The molecule has 2 heterocycles. The van der Waals surface area contributed by atoms with Crippen molar-refractivity contribution in [1.29, 1.82) is 0 Å². The third-order valence-corrected chi connectivity index (χ3v) is 9.15. The van der Waals surface area contributed by atoms with E-state index in [1.165, 1.54) is 52.1 Å². The highest BCUT2D eigenvalue weighted by Gasteiger charge is 2.28. The summed E-state index contributed by atoms with van der Waals surface area (Å²) in [4.78, 5) is 18.1. The van der Waals surface area contributed by atoms with Crippen LogP contribution in [0.15, 0.2) is 55.0 Å². The number of aliphatic hydroxyl groups is 1. The van der Waals surface area contributed by atoms with Gasteiger partial charge in [0.2, 0.25) is 0 Å². The number of aryl methyl sites for hydroxylation is 2. The van der Waals surface area contributed by atoms with Gasteiger partial charge in [-0.3, -0.25) is 0 Å². The van der Waals surface area contributed by atoms with Gasteiger partial charge in [0, 0.05) is 35.3 Å². The summed E-state index contributed by atoms with van der Waals surface area (Å²) < 4.78 is 7.52. The summed E-state index contributed by atoms with van der Waals surface area (Å²) in [5, 5.41) is 19.0. The molecule has 8 heteroatoms. The van der Waals surface area contributed by atoms with Crippen molar-refractivity contribution in [3.8, 4) is 5.69 Å². The zero-order chi connectivity index (χ0) is 27.0. The molecule has 0 radical (unpaired) electrons. The summed E-state index contributed by atoms with van der Waals surface area (Å²) in [5.74, 6) is -0.179.